The molecule has 3 aromatic rings. The number of rotatable bonds is 8. The minimum atomic E-state index is -0.566. The van der Waals surface area contributed by atoms with Gasteiger partial charge in [0.2, 0.25) is 5.91 Å². The van der Waals surface area contributed by atoms with Gasteiger partial charge in [0.05, 0.1) is 28.1 Å². The molecule has 1 atom stereocenters. The van der Waals surface area contributed by atoms with Crippen LogP contribution in [0.25, 0.3) is 0 Å². The first-order valence-corrected chi connectivity index (χ1v) is 13.7. The molecule has 0 bridgehead atoms. The molecule has 38 heavy (non-hydrogen) atoms. The summed E-state index contributed by atoms with van der Waals surface area (Å²) in [6.07, 6.45) is 9.78. The molecule has 2 aromatic heterocycles. The number of hydrogen-bond acceptors (Lipinski definition) is 6. The van der Waals surface area contributed by atoms with Crippen molar-refractivity contribution in [3.8, 4) is 11.5 Å². The molecule has 198 valence electrons. The Morgan fingerprint density at radius 3 is 2.89 bits per heavy atom. The summed E-state index contributed by atoms with van der Waals surface area (Å²) < 4.78 is 22.5. The van der Waals surface area contributed by atoms with Crippen molar-refractivity contribution in [1.29, 1.82) is 0 Å². The van der Waals surface area contributed by atoms with Crippen LogP contribution in [0.5, 0.6) is 11.5 Å². The summed E-state index contributed by atoms with van der Waals surface area (Å²) in [5, 5.41) is 10.0. The molecule has 6 rings (SSSR count). The zero-order chi connectivity index (χ0) is 26.3. The molecule has 2 N–H and O–H groups in total. The molecule has 3 aliphatic rings. The van der Waals surface area contributed by atoms with Gasteiger partial charge in [-0.25, -0.2) is 9.18 Å². The van der Waals surface area contributed by atoms with Crippen molar-refractivity contribution < 1.29 is 18.7 Å². The summed E-state index contributed by atoms with van der Waals surface area (Å²) in [5.41, 5.74) is 2.31. The van der Waals surface area contributed by atoms with Crippen LogP contribution in [-0.2, 0) is 22.5 Å². The lowest BCUT2D eigenvalue weighted by Crippen LogP contribution is -2.30. The number of nitrogens with zero attached hydrogens (tertiary/aromatic N) is 4. The highest BCUT2D eigenvalue weighted by molar-refractivity contribution is 8.00. The van der Waals surface area contributed by atoms with Crippen LogP contribution in [0.1, 0.15) is 43.9 Å². The molecule has 3 amide bonds. The minimum Gasteiger partial charge on any atom is -0.453 e. The van der Waals surface area contributed by atoms with Gasteiger partial charge in [-0.1, -0.05) is 0 Å². The summed E-state index contributed by atoms with van der Waals surface area (Å²) in [6.45, 7) is 4.27. The van der Waals surface area contributed by atoms with Crippen LogP contribution in [0, 0.1) is 5.82 Å². The van der Waals surface area contributed by atoms with E-state index in [1.165, 1.54) is 12.1 Å². The lowest BCUT2D eigenvalue weighted by Gasteiger charge is -2.20. The van der Waals surface area contributed by atoms with E-state index in [1.54, 1.807) is 30.1 Å². The van der Waals surface area contributed by atoms with Crippen LogP contribution in [0.3, 0.4) is 0 Å². The van der Waals surface area contributed by atoms with Gasteiger partial charge in [0.25, 0.3) is 0 Å². The number of carbonyl (C=O) groups is 2. The average Bonchev–Trinajstić information content (AvgIpc) is 3.25. The molecule has 1 unspecified atom stereocenters. The number of halogens is 1. The van der Waals surface area contributed by atoms with E-state index in [0.717, 1.165) is 42.0 Å². The van der Waals surface area contributed by atoms with Crippen molar-refractivity contribution in [3.63, 3.8) is 0 Å². The normalized spacial score (nSPS) is 20.5. The largest absolute Gasteiger partial charge is 0.453 e. The molecule has 9 nitrogen and oxygen atoms in total. The molecule has 2 fully saturated rings. The Bertz CT molecular complexity index is 1390. The first-order chi connectivity index (χ1) is 18.4. The highest BCUT2D eigenvalue weighted by Gasteiger charge is 2.39. The van der Waals surface area contributed by atoms with Crippen molar-refractivity contribution in [3.05, 3.63) is 59.9 Å². The third-order valence-electron chi connectivity index (χ3n) is 7.11. The second-order valence-electron chi connectivity index (χ2n) is 10.2. The van der Waals surface area contributed by atoms with E-state index in [9.17, 15) is 14.0 Å². The average molecular weight is 537 g/mol. The van der Waals surface area contributed by atoms with Crippen LogP contribution in [0.4, 0.5) is 14.9 Å². The van der Waals surface area contributed by atoms with Crippen LogP contribution >= 0.6 is 11.8 Å². The summed E-state index contributed by atoms with van der Waals surface area (Å²) in [7, 11) is 0. The maximum atomic E-state index is 14.9. The van der Waals surface area contributed by atoms with Crippen LogP contribution in [-0.4, -0.2) is 50.7 Å². The van der Waals surface area contributed by atoms with Crippen molar-refractivity contribution in [2.24, 2.45) is 0 Å². The Morgan fingerprint density at radius 1 is 1.26 bits per heavy atom. The molecule has 1 saturated carbocycles. The van der Waals surface area contributed by atoms with E-state index in [2.05, 4.69) is 27.6 Å². The van der Waals surface area contributed by atoms with Crippen LogP contribution in [0.2, 0.25) is 0 Å². The molecule has 0 spiro atoms. The van der Waals surface area contributed by atoms with Gasteiger partial charge >= 0.3 is 6.03 Å². The van der Waals surface area contributed by atoms with Gasteiger partial charge in [0.1, 0.15) is 5.75 Å². The van der Waals surface area contributed by atoms with Gasteiger partial charge in [0.15, 0.2) is 11.6 Å². The lowest BCUT2D eigenvalue weighted by atomic mass is 9.98. The van der Waals surface area contributed by atoms with E-state index >= 15 is 0 Å². The predicted molar refractivity (Wildman–Crippen MR) is 141 cm³/mol. The summed E-state index contributed by atoms with van der Waals surface area (Å²) in [5.74, 6) is 0.259. The molecule has 1 saturated heterocycles. The molecule has 11 heteroatoms. The third kappa shape index (κ3) is 5.20. The number of pyridine rings is 1. The fraction of sp³-hybridized carbons (Fsp3) is 0.407. The Hall–Kier alpha value is -3.60. The monoisotopic (exact) mass is 536 g/mol. The Kier molecular flexibility index (Phi) is 6.46. The van der Waals surface area contributed by atoms with E-state index < -0.39 is 5.82 Å². The van der Waals surface area contributed by atoms with Crippen LogP contribution < -0.4 is 15.4 Å². The number of fused-ring (bicyclic) bond motifs is 1. The zero-order valence-electron chi connectivity index (χ0n) is 21.1. The fourth-order valence-electron chi connectivity index (χ4n) is 4.81. The number of aromatic nitrogens is 3. The Labute approximate surface area is 224 Å². The summed E-state index contributed by atoms with van der Waals surface area (Å²) >= 11 is 1.63. The van der Waals surface area contributed by atoms with Crippen molar-refractivity contribution in [2.45, 2.75) is 61.3 Å². The van der Waals surface area contributed by atoms with E-state index in [-0.39, 0.29) is 28.5 Å². The maximum absolute atomic E-state index is 14.9. The first kappa shape index (κ1) is 24.7. The fourth-order valence-corrected chi connectivity index (χ4v) is 6.15. The zero-order valence-corrected chi connectivity index (χ0v) is 21.9. The number of carbonyl (C=O) groups excluding carboxylic acids is 2. The standard InChI is InChI=1S/C27H29FN6O3S/c1-27(17-15-30-34(16-17)12-11-33-10-2-3-24(33)35)14-21-25(38-27)23(8-9-29-21)37-22-7-6-19(13-20(22)28)32-26(36)31-18-4-5-18/h6-9,13,15-16,18H,2-5,10-12,14H2,1H3,(H2,31,32,36). The number of thioether (sulfide) groups is 1. The number of hydrogen-bond donors (Lipinski definition) is 2. The minimum absolute atomic E-state index is 0.0741. The molecular formula is C27H29FN6O3S. The second kappa shape index (κ2) is 9.94. The van der Waals surface area contributed by atoms with Gasteiger partial charge < -0.3 is 20.3 Å². The van der Waals surface area contributed by atoms with E-state index in [0.29, 0.717) is 37.4 Å². The van der Waals surface area contributed by atoms with E-state index in [4.69, 9.17) is 4.74 Å². The van der Waals surface area contributed by atoms with Gasteiger partial charge in [-0.2, -0.15) is 5.10 Å². The molecular weight excluding hydrogens is 507 g/mol. The molecule has 1 aromatic carbocycles. The number of benzene rings is 1. The van der Waals surface area contributed by atoms with Gasteiger partial charge in [-0.05, 0) is 38.3 Å². The highest BCUT2D eigenvalue weighted by Crippen LogP contribution is 2.54. The van der Waals surface area contributed by atoms with Crippen LogP contribution in [0.15, 0.2) is 47.8 Å². The molecule has 0 radical (unpaired) electrons. The Balaban J connectivity index is 1.13. The summed E-state index contributed by atoms with van der Waals surface area (Å²) in [6, 6.07) is 6.01. The predicted octanol–water partition coefficient (Wildman–Crippen LogP) is 4.68. The van der Waals surface area contributed by atoms with E-state index in [1.807, 2.05) is 22.0 Å². The second-order valence-corrected chi connectivity index (χ2v) is 11.7. The topological polar surface area (TPSA) is 101 Å². The number of nitrogens with one attached hydrogen (secondary N) is 2. The Morgan fingerprint density at radius 2 is 2.13 bits per heavy atom. The quantitative estimate of drug-likeness (QED) is 0.434. The lowest BCUT2D eigenvalue weighted by molar-refractivity contribution is -0.127. The molecule has 1 aliphatic carbocycles. The van der Waals surface area contributed by atoms with Gasteiger partial charge in [0, 0.05) is 67.8 Å². The van der Waals surface area contributed by atoms with Crippen molar-refractivity contribution in [1.82, 2.24) is 25.0 Å². The SMILES string of the molecule is CC1(c2cnn(CCN3CCCC3=O)c2)Cc2nccc(Oc3ccc(NC(=O)NC4CC4)cc3F)c2S1. The molecule has 4 heterocycles. The number of urea groups is 1. The van der Waals surface area contributed by atoms with Gasteiger partial charge in [-0.3, -0.25) is 14.5 Å². The number of likely N-dealkylation sites (tertiary alicyclic amines) is 1. The third-order valence-corrected chi connectivity index (χ3v) is 8.58. The highest BCUT2D eigenvalue weighted by atomic mass is 32.2. The number of ether oxygens (including phenoxy) is 1. The summed E-state index contributed by atoms with van der Waals surface area (Å²) in [4.78, 5) is 31.2. The first-order valence-electron chi connectivity index (χ1n) is 12.9. The van der Waals surface area contributed by atoms with Gasteiger partial charge in [-0.15, -0.1) is 11.8 Å². The smallest absolute Gasteiger partial charge is 0.319 e. The number of amides is 3. The maximum Gasteiger partial charge on any atom is 0.319 e. The number of anilines is 1. The molecule has 2 aliphatic heterocycles. The van der Waals surface area contributed by atoms with Crippen molar-refractivity contribution in [2.75, 3.05) is 18.4 Å². The van der Waals surface area contributed by atoms with Crippen molar-refractivity contribution >= 4 is 29.4 Å².